The molecule has 1 amide bonds. The van der Waals surface area contributed by atoms with Gasteiger partial charge in [0, 0.05) is 38.4 Å². The summed E-state index contributed by atoms with van der Waals surface area (Å²) in [7, 11) is 6.64. The molecular weight excluding hydrogens is 520 g/mol. The van der Waals surface area contributed by atoms with Gasteiger partial charge in [-0.25, -0.2) is 4.84 Å². The van der Waals surface area contributed by atoms with Crippen molar-refractivity contribution in [1.82, 2.24) is 15.5 Å². The normalized spacial score (nSPS) is 11.7. The number of methoxy groups -OCH3 is 1. The number of para-hydroxylation sites is 1. The summed E-state index contributed by atoms with van der Waals surface area (Å²) in [5, 5.41) is 6.40. The van der Waals surface area contributed by atoms with E-state index in [1.54, 1.807) is 6.07 Å². The van der Waals surface area contributed by atoms with Crippen molar-refractivity contribution in [3.63, 3.8) is 0 Å². The fourth-order valence-electron chi connectivity index (χ4n) is 3.67. The number of aliphatic imine (C=N–C) groups is 1. The molecule has 2 rings (SSSR count). The zero-order valence-electron chi connectivity index (χ0n) is 26.6. The molecule has 0 spiro atoms. The van der Waals surface area contributed by atoms with E-state index in [0.717, 1.165) is 36.9 Å². The number of rotatable bonds is 15. The van der Waals surface area contributed by atoms with Gasteiger partial charge in [-0.15, -0.1) is 0 Å². The van der Waals surface area contributed by atoms with Crippen LogP contribution in [0.1, 0.15) is 69.3 Å². The van der Waals surface area contributed by atoms with E-state index < -0.39 is 0 Å². The van der Waals surface area contributed by atoms with Crippen LogP contribution in [-0.2, 0) is 4.84 Å². The van der Waals surface area contributed by atoms with E-state index in [4.69, 9.17) is 10.5 Å². The molecule has 0 aromatic heterocycles. The molecule has 0 saturated heterocycles. The van der Waals surface area contributed by atoms with Crippen LogP contribution in [0.5, 0.6) is 5.75 Å². The summed E-state index contributed by atoms with van der Waals surface area (Å²) in [6.07, 6.45) is 5.90. The molecule has 0 radical (unpaired) electrons. The lowest BCUT2D eigenvalue weighted by Gasteiger charge is -2.19. The van der Waals surface area contributed by atoms with Crippen LogP contribution in [0, 0.1) is 17.7 Å². The predicted octanol–water partition coefficient (Wildman–Crippen LogP) is 5.72. The lowest BCUT2D eigenvalue weighted by molar-refractivity contribution is -0.736. The van der Waals surface area contributed by atoms with Crippen LogP contribution in [0.2, 0.25) is 0 Å². The van der Waals surface area contributed by atoms with Crippen LogP contribution in [0.25, 0.3) is 0 Å². The molecule has 41 heavy (non-hydrogen) atoms. The fraction of sp³-hybridized carbons (Fsp3) is 0.548. The zero-order chi connectivity index (χ0) is 31.2. The van der Waals surface area contributed by atoms with Crippen molar-refractivity contribution in [1.29, 1.82) is 0 Å². The van der Waals surface area contributed by atoms with Crippen molar-refractivity contribution >= 4 is 23.6 Å². The second-order valence-corrected chi connectivity index (χ2v) is 9.64. The Bertz CT molecular complexity index is 1020. The SMILES string of the molecule is CC.CCC(CCC(C)CCNC(=O)c1ccc([N+](=O)OC)cc1OC)NC/N=C/N(C)C.Cc1ccccc1N. The number of carbonyl (C=O) groups is 1. The summed E-state index contributed by atoms with van der Waals surface area (Å²) in [6, 6.07) is 12.8. The first-order valence-electron chi connectivity index (χ1n) is 14.3. The molecule has 0 bridgehead atoms. The summed E-state index contributed by atoms with van der Waals surface area (Å²) >= 11 is 0. The van der Waals surface area contributed by atoms with Crippen molar-refractivity contribution in [3.8, 4) is 5.75 Å². The lowest BCUT2D eigenvalue weighted by atomic mass is 9.97. The molecule has 0 fully saturated rings. The number of anilines is 1. The Labute approximate surface area is 247 Å². The minimum atomic E-state index is -0.225. The van der Waals surface area contributed by atoms with Crippen molar-refractivity contribution in [3.05, 3.63) is 58.5 Å². The highest BCUT2D eigenvalue weighted by molar-refractivity contribution is 5.97. The quantitative estimate of drug-likeness (QED) is 0.108. The molecule has 2 aromatic carbocycles. The Morgan fingerprint density at radius 1 is 1.12 bits per heavy atom. The van der Waals surface area contributed by atoms with Gasteiger partial charge in [-0.1, -0.05) is 45.9 Å². The number of nitrogens with two attached hydrogens (primary N) is 1. The smallest absolute Gasteiger partial charge is 0.320 e. The minimum absolute atomic E-state index is 0.225. The largest absolute Gasteiger partial charge is 0.496 e. The highest BCUT2D eigenvalue weighted by Crippen LogP contribution is 2.25. The second-order valence-electron chi connectivity index (χ2n) is 9.64. The summed E-state index contributed by atoms with van der Waals surface area (Å²) in [4.78, 5) is 35.3. The number of ether oxygens (including phenoxy) is 1. The van der Waals surface area contributed by atoms with Gasteiger partial charge < -0.3 is 20.7 Å². The van der Waals surface area contributed by atoms with Gasteiger partial charge in [0.25, 0.3) is 10.8 Å². The maximum atomic E-state index is 12.5. The minimum Gasteiger partial charge on any atom is -0.496 e. The first-order chi connectivity index (χ1) is 19.6. The van der Waals surface area contributed by atoms with E-state index in [-0.39, 0.29) is 11.6 Å². The number of amides is 1. The predicted molar refractivity (Wildman–Crippen MR) is 170 cm³/mol. The van der Waals surface area contributed by atoms with E-state index in [2.05, 4.69) is 34.3 Å². The molecule has 2 aromatic rings. The Hall–Kier alpha value is -3.66. The summed E-state index contributed by atoms with van der Waals surface area (Å²) in [5.41, 5.74) is 8.18. The molecule has 10 heteroatoms. The maximum absolute atomic E-state index is 12.5. The highest BCUT2D eigenvalue weighted by Gasteiger charge is 2.20. The average Bonchev–Trinajstić information content (AvgIpc) is 2.98. The number of aryl methyl sites for hydroxylation is 1. The van der Waals surface area contributed by atoms with Crippen molar-refractivity contribution in [2.45, 2.75) is 66.3 Å². The summed E-state index contributed by atoms with van der Waals surface area (Å²) < 4.78 is 5.26. The summed E-state index contributed by atoms with van der Waals surface area (Å²) in [6.45, 7) is 11.6. The van der Waals surface area contributed by atoms with Crippen LogP contribution in [0.3, 0.4) is 0 Å². The second kappa shape index (κ2) is 22.1. The van der Waals surface area contributed by atoms with Gasteiger partial charge in [-0.05, 0) is 56.2 Å². The molecular formula is C31H53N6O4+. The molecule has 10 nitrogen and oxygen atoms in total. The van der Waals surface area contributed by atoms with Gasteiger partial charge in [0.1, 0.15) is 5.75 Å². The number of hydrogen-bond acceptors (Lipinski definition) is 7. The Morgan fingerprint density at radius 3 is 2.34 bits per heavy atom. The van der Waals surface area contributed by atoms with Crippen LogP contribution in [0.15, 0.2) is 47.5 Å². The van der Waals surface area contributed by atoms with Crippen LogP contribution in [-0.4, -0.2) is 69.6 Å². The molecule has 0 saturated carbocycles. The van der Waals surface area contributed by atoms with Gasteiger partial charge in [0.05, 0.1) is 36.7 Å². The molecule has 2 unspecified atom stereocenters. The third kappa shape index (κ3) is 15.6. The van der Waals surface area contributed by atoms with E-state index in [0.29, 0.717) is 41.4 Å². The van der Waals surface area contributed by atoms with Gasteiger partial charge in [-0.2, -0.15) is 0 Å². The first-order valence-corrected chi connectivity index (χ1v) is 14.3. The standard InChI is InChI=1S/C22H37N5O4.C7H9N.C2H6/c1-7-18(25-15-23-16-26(3)4)9-8-17(2)12-13-24-22(28)20-11-10-19(27(29)31-6)14-21(20)30-5;1-6-4-2-3-5-7(6)8;1-2/h10-11,14,16-18,25H,7-9,12-13,15H2,1-6H3;2-5H,8H2,1H3;1-2H3/p+1/b23-16+;;. The molecule has 0 aliphatic carbocycles. The van der Waals surface area contributed by atoms with Crippen molar-refractivity contribution in [2.75, 3.05) is 47.3 Å². The van der Waals surface area contributed by atoms with E-state index >= 15 is 0 Å². The third-order valence-corrected chi connectivity index (χ3v) is 6.20. The van der Waals surface area contributed by atoms with Crippen LogP contribution >= 0.6 is 0 Å². The topological polar surface area (TPSA) is 121 Å². The van der Waals surface area contributed by atoms with Gasteiger partial charge in [-0.3, -0.25) is 15.1 Å². The molecule has 0 heterocycles. The van der Waals surface area contributed by atoms with E-state index in [9.17, 15) is 9.70 Å². The highest BCUT2D eigenvalue weighted by atomic mass is 16.8. The van der Waals surface area contributed by atoms with E-state index in [1.165, 1.54) is 26.4 Å². The molecule has 230 valence electrons. The van der Waals surface area contributed by atoms with Crippen LogP contribution < -0.4 is 21.1 Å². The fourth-order valence-corrected chi connectivity index (χ4v) is 3.67. The number of nitrogens with zero attached hydrogens (tertiary/aromatic N) is 3. The Kier molecular flexibility index (Phi) is 20.1. The monoisotopic (exact) mass is 573 g/mol. The Balaban J connectivity index is 0.00000135. The lowest BCUT2D eigenvalue weighted by Crippen LogP contribution is -2.30. The Morgan fingerprint density at radius 2 is 1.80 bits per heavy atom. The van der Waals surface area contributed by atoms with Gasteiger partial charge in [0.15, 0.2) is 7.11 Å². The van der Waals surface area contributed by atoms with E-state index in [1.807, 2.05) is 70.4 Å². The molecule has 4 N–H and O–H groups in total. The number of nitrogens with one attached hydrogen (secondary N) is 2. The number of carbonyl (C=O) groups excluding carboxylic acids is 1. The van der Waals surface area contributed by atoms with Crippen LogP contribution in [0.4, 0.5) is 11.4 Å². The average molecular weight is 574 g/mol. The first kappa shape index (κ1) is 37.3. The molecule has 0 aliphatic heterocycles. The zero-order valence-corrected chi connectivity index (χ0v) is 26.6. The maximum Gasteiger partial charge on any atom is 0.320 e. The van der Waals surface area contributed by atoms with Crippen molar-refractivity contribution in [2.24, 2.45) is 10.9 Å². The van der Waals surface area contributed by atoms with Gasteiger partial charge in [0.2, 0.25) is 0 Å². The summed E-state index contributed by atoms with van der Waals surface area (Å²) in [5.74, 6) is 0.591. The molecule has 2 atom stereocenters. The number of benzene rings is 2. The third-order valence-electron chi connectivity index (χ3n) is 6.20. The number of hydrogen-bond donors (Lipinski definition) is 3. The van der Waals surface area contributed by atoms with Gasteiger partial charge >= 0.3 is 5.69 Å². The van der Waals surface area contributed by atoms with Crippen molar-refractivity contribution < 1.29 is 19.3 Å². The molecule has 0 aliphatic rings. The number of nitrogen functional groups attached to an aromatic ring is 1.